The van der Waals surface area contributed by atoms with Crippen LogP contribution in [0.4, 0.5) is 4.39 Å². The lowest BCUT2D eigenvalue weighted by Crippen LogP contribution is -2.44. The fourth-order valence-corrected chi connectivity index (χ4v) is 3.47. The smallest absolute Gasteiger partial charge is 0.234 e. The summed E-state index contributed by atoms with van der Waals surface area (Å²) in [5, 5.41) is 12.7. The van der Waals surface area contributed by atoms with E-state index in [0.29, 0.717) is 24.9 Å². The average molecular weight is 356 g/mol. The molecular weight excluding hydrogens is 331 g/mol. The summed E-state index contributed by atoms with van der Waals surface area (Å²) in [5.74, 6) is -0.113. The number of likely N-dealkylation sites (N-methyl/N-ethyl adjacent to an activating group) is 1. The highest BCUT2D eigenvalue weighted by atomic mass is 19.1. The van der Waals surface area contributed by atoms with Gasteiger partial charge in [0, 0.05) is 12.1 Å². The van der Waals surface area contributed by atoms with Crippen molar-refractivity contribution in [1.82, 2.24) is 10.2 Å². The third-order valence-corrected chi connectivity index (χ3v) is 4.91. The summed E-state index contributed by atoms with van der Waals surface area (Å²) >= 11 is 0. The van der Waals surface area contributed by atoms with Gasteiger partial charge in [-0.05, 0) is 37.4 Å². The van der Waals surface area contributed by atoms with Gasteiger partial charge in [0.1, 0.15) is 5.82 Å². The Hall–Kier alpha value is -2.24. The van der Waals surface area contributed by atoms with E-state index < -0.39 is 0 Å². The lowest BCUT2D eigenvalue weighted by atomic mass is 9.75. The number of nitrogens with one attached hydrogen (secondary N) is 1. The second kappa shape index (κ2) is 8.43. The summed E-state index contributed by atoms with van der Waals surface area (Å²) in [6.45, 7) is 0.561. The summed E-state index contributed by atoms with van der Waals surface area (Å²) in [4.78, 5) is 14.3. The molecule has 26 heavy (non-hydrogen) atoms. The molecule has 1 aliphatic carbocycles. The number of halogens is 1. The molecule has 0 aliphatic heterocycles. The maximum atomic E-state index is 13.8. The zero-order chi connectivity index (χ0) is 18.5. The number of nitrogens with zero attached hydrogens (tertiary/aromatic N) is 1. The minimum absolute atomic E-state index is 0.0981. The average Bonchev–Trinajstić information content (AvgIpc) is 2.60. The van der Waals surface area contributed by atoms with Gasteiger partial charge in [-0.25, -0.2) is 4.39 Å². The Morgan fingerprint density at radius 1 is 1.19 bits per heavy atom. The molecular formula is C21H25FN2O2. The molecule has 0 aromatic heterocycles. The first-order chi connectivity index (χ1) is 12.5. The topological polar surface area (TPSA) is 52.6 Å². The van der Waals surface area contributed by atoms with Crippen molar-refractivity contribution in [1.29, 1.82) is 0 Å². The molecule has 2 aromatic rings. The Labute approximate surface area is 153 Å². The Balaban J connectivity index is 1.60. The molecule has 0 bridgehead atoms. The standard InChI is InChI=1S/C21H25FN2O2/c1-24(13-16-9-5-6-10-19(16)22)14-20(26)23-21(17-11-18(25)12-17)15-7-3-2-4-8-15/h2-10,17-18,21,25H,11-14H2,1H3,(H,23,26). The number of aliphatic hydroxyl groups is 1. The lowest BCUT2D eigenvalue weighted by molar-refractivity contribution is -0.124. The van der Waals surface area contributed by atoms with Gasteiger partial charge in [-0.2, -0.15) is 0 Å². The van der Waals surface area contributed by atoms with E-state index in [4.69, 9.17) is 0 Å². The number of aliphatic hydroxyl groups excluding tert-OH is 1. The number of rotatable bonds is 7. The normalized spacial score (nSPS) is 20.5. The van der Waals surface area contributed by atoms with Crippen LogP contribution in [0.2, 0.25) is 0 Å². The van der Waals surface area contributed by atoms with Crippen molar-refractivity contribution < 1.29 is 14.3 Å². The first kappa shape index (κ1) is 18.5. The van der Waals surface area contributed by atoms with Crippen LogP contribution in [-0.2, 0) is 11.3 Å². The van der Waals surface area contributed by atoms with E-state index >= 15 is 0 Å². The maximum absolute atomic E-state index is 13.8. The van der Waals surface area contributed by atoms with Crippen LogP contribution in [0.5, 0.6) is 0 Å². The van der Waals surface area contributed by atoms with E-state index in [9.17, 15) is 14.3 Å². The van der Waals surface area contributed by atoms with Crippen molar-refractivity contribution in [3.05, 3.63) is 71.5 Å². The first-order valence-electron chi connectivity index (χ1n) is 8.97. The number of carbonyl (C=O) groups excluding carboxylic acids is 1. The number of carbonyl (C=O) groups is 1. The number of hydrogen-bond donors (Lipinski definition) is 2. The fraction of sp³-hybridized carbons (Fsp3) is 0.381. The van der Waals surface area contributed by atoms with Gasteiger partial charge < -0.3 is 10.4 Å². The monoisotopic (exact) mass is 356 g/mol. The maximum Gasteiger partial charge on any atom is 0.234 e. The molecule has 1 unspecified atom stereocenters. The van der Waals surface area contributed by atoms with Gasteiger partial charge in [0.2, 0.25) is 5.91 Å². The van der Waals surface area contributed by atoms with Gasteiger partial charge in [0.25, 0.3) is 0 Å². The summed E-state index contributed by atoms with van der Waals surface area (Å²) < 4.78 is 13.8. The van der Waals surface area contributed by atoms with E-state index in [1.807, 2.05) is 30.3 Å². The number of benzene rings is 2. The van der Waals surface area contributed by atoms with E-state index in [2.05, 4.69) is 5.32 Å². The van der Waals surface area contributed by atoms with Crippen LogP contribution in [0.3, 0.4) is 0 Å². The molecule has 3 rings (SSSR count). The first-order valence-corrected chi connectivity index (χ1v) is 8.97. The molecule has 5 heteroatoms. The zero-order valence-electron chi connectivity index (χ0n) is 14.9. The van der Waals surface area contributed by atoms with Gasteiger partial charge in [0.05, 0.1) is 18.7 Å². The van der Waals surface area contributed by atoms with Gasteiger partial charge in [0.15, 0.2) is 0 Å². The molecule has 0 heterocycles. The predicted molar refractivity (Wildman–Crippen MR) is 98.8 cm³/mol. The highest BCUT2D eigenvalue weighted by molar-refractivity contribution is 5.78. The molecule has 2 aromatic carbocycles. The Kier molecular flexibility index (Phi) is 6.01. The van der Waals surface area contributed by atoms with E-state index in [-0.39, 0.29) is 36.3 Å². The van der Waals surface area contributed by atoms with Crippen molar-refractivity contribution >= 4 is 5.91 Å². The summed E-state index contributed by atoms with van der Waals surface area (Å²) in [6, 6.07) is 16.3. The van der Waals surface area contributed by atoms with Crippen LogP contribution in [0, 0.1) is 11.7 Å². The molecule has 1 fully saturated rings. The molecule has 1 amide bonds. The van der Waals surface area contributed by atoms with Crippen molar-refractivity contribution in [2.45, 2.75) is 31.5 Å². The molecule has 0 spiro atoms. The van der Waals surface area contributed by atoms with Crippen LogP contribution < -0.4 is 5.32 Å². The second-order valence-electron chi connectivity index (χ2n) is 7.10. The molecule has 0 radical (unpaired) electrons. The third kappa shape index (κ3) is 4.68. The fourth-order valence-electron chi connectivity index (χ4n) is 3.47. The van der Waals surface area contributed by atoms with Crippen LogP contribution in [-0.4, -0.2) is 35.6 Å². The van der Waals surface area contributed by atoms with Crippen molar-refractivity contribution in [3.8, 4) is 0 Å². The van der Waals surface area contributed by atoms with E-state index in [1.54, 1.807) is 30.1 Å². The summed E-state index contributed by atoms with van der Waals surface area (Å²) in [5.41, 5.74) is 1.62. The SMILES string of the molecule is CN(CC(=O)NC(c1ccccc1)C1CC(O)C1)Cc1ccccc1F. The Morgan fingerprint density at radius 2 is 1.85 bits per heavy atom. The van der Waals surface area contributed by atoms with Crippen molar-refractivity contribution in [2.24, 2.45) is 5.92 Å². The molecule has 1 saturated carbocycles. The van der Waals surface area contributed by atoms with Crippen LogP contribution in [0.1, 0.15) is 30.0 Å². The quantitative estimate of drug-likeness (QED) is 0.802. The second-order valence-corrected chi connectivity index (χ2v) is 7.10. The molecule has 138 valence electrons. The molecule has 2 N–H and O–H groups in total. The highest BCUT2D eigenvalue weighted by Gasteiger charge is 2.35. The molecule has 0 saturated heterocycles. The van der Waals surface area contributed by atoms with E-state index in [1.165, 1.54) is 6.07 Å². The predicted octanol–water partition coefficient (Wildman–Crippen LogP) is 2.89. The Bertz CT molecular complexity index is 732. The third-order valence-electron chi connectivity index (χ3n) is 4.91. The van der Waals surface area contributed by atoms with Crippen LogP contribution in [0.25, 0.3) is 0 Å². The van der Waals surface area contributed by atoms with Crippen LogP contribution >= 0.6 is 0 Å². The van der Waals surface area contributed by atoms with Crippen molar-refractivity contribution in [2.75, 3.05) is 13.6 Å². The largest absolute Gasteiger partial charge is 0.393 e. The van der Waals surface area contributed by atoms with Gasteiger partial charge >= 0.3 is 0 Å². The minimum Gasteiger partial charge on any atom is -0.393 e. The highest BCUT2D eigenvalue weighted by Crippen LogP contribution is 2.37. The minimum atomic E-state index is -0.271. The summed E-state index contributed by atoms with van der Waals surface area (Å²) in [7, 11) is 1.80. The van der Waals surface area contributed by atoms with Crippen molar-refractivity contribution in [3.63, 3.8) is 0 Å². The molecule has 4 nitrogen and oxygen atoms in total. The van der Waals surface area contributed by atoms with Crippen LogP contribution in [0.15, 0.2) is 54.6 Å². The Morgan fingerprint density at radius 3 is 2.50 bits per heavy atom. The van der Waals surface area contributed by atoms with Gasteiger partial charge in [-0.3, -0.25) is 9.69 Å². The summed E-state index contributed by atoms with van der Waals surface area (Å²) in [6.07, 6.45) is 1.13. The zero-order valence-corrected chi connectivity index (χ0v) is 14.9. The molecule has 1 atom stereocenters. The molecule has 1 aliphatic rings. The lowest BCUT2D eigenvalue weighted by Gasteiger charge is -2.38. The van der Waals surface area contributed by atoms with E-state index in [0.717, 1.165) is 5.56 Å². The van der Waals surface area contributed by atoms with Gasteiger partial charge in [-0.15, -0.1) is 0 Å². The van der Waals surface area contributed by atoms with Gasteiger partial charge in [-0.1, -0.05) is 48.5 Å². The number of hydrogen-bond acceptors (Lipinski definition) is 3. The number of amides is 1.